The lowest BCUT2D eigenvalue weighted by Crippen LogP contribution is -2.29. The number of nitrogens with one attached hydrogen (secondary N) is 1. The third-order valence-corrected chi connectivity index (χ3v) is 2.97. The Kier molecular flexibility index (Phi) is 3.67. The summed E-state index contributed by atoms with van der Waals surface area (Å²) in [5, 5.41) is 3.99. The maximum Gasteiger partial charge on any atom is 0.197 e. The van der Waals surface area contributed by atoms with Crippen molar-refractivity contribution >= 4 is 11.6 Å². The largest absolute Gasteiger partial charge is 0.453 e. The van der Waals surface area contributed by atoms with Gasteiger partial charge in [-0.2, -0.15) is 0 Å². The Hall–Kier alpha value is -0.510. The number of hydrogen-bond acceptors (Lipinski definition) is 3. The zero-order valence-electron chi connectivity index (χ0n) is 9.00. The van der Waals surface area contributed by atoms with Crippen molar-refractivity contribution in [2.45, 2.75) is 25.4 Å². The molecule has 0 unspecified atom stereocenters. The highest BCUT2D eigenvalue weighted by Crippen LogP contribution is 2.19. The summed E-state index contributed by atoms with van der Waals surface area (Å²) in [7, 11) is 2.10. The van der Waals surface area contributed by atoms with Crippen LogP contribution in [0.1, 0.15) is 18.4 Å². The first-order valence-corrected chi connectivity index (χ1v) is 5.77. The minimum absolute atomic E-state index is 0.511. The molecular weight excluding hydrogens is 212 g/mol. The summed E-state index contributed by atoms with van der Waals surface area (Å²) in [5.74, 6) is 0. The van der Waals surface area contributed by atoms with Crippen LogP contribution in [0.15, 0.2) is 16.7 Å². The van der Waals surface area contributed by atoms with Gasteiger partial charge in [0.2, 0.25) is 0 Å². The van der Waals surface area contributed by atoms with Gasteiger partial charge in [0.05, 0.1) is 6.26 Å². The van der Waals surface area contributed by atoms with Crippen molar-refractivity contribution in [2.75, 3.05) is 20.1 Å². The van der Waals surface area contributed by atoms with E-state index in [1.165, 1.54) is 12.8 Å². The van der Waals surface area contributed by atoms with Crippen molar-refractivity contribution < 1.29 is 4.42 Å². The molecule has 0 bridgehead atoms. The number of rotatable bonds is 6. The molecule has 1 fully saturated rings. The molecule has 0 radical (unpaired) electrons. The number of furan rings is 1. The van der Waals surface area contributed by atoms with E-state index < -0.39 is 0 Å². The zero-order chi connectivity index (χ0) is 10.7. The smallest absolute Gasteiger partial charge is 0.197 e. The summed E-state index contributed by atoms with van der Waals surface area (Å²) in [6.45, 7) is 2.94. The van der Waals surface area contributed by atoms with E-state index in [4.69, 9.17) is 16.0 Å². The fraction of sp³-hybridized carbons (Fsp3) is 0.636. The van der Waals surface area contributed by atoms with E-state index in [0.717, 1.165) is 31.2 Å². The highest BCUT2D eigenvalue weighted by atomic mass is 35.5. The maximum absolute atomic E-state index is 5.87. The van der Waals surface area contributed by atoms with Crippen LogP contribution in [-0.4, -0.2) is 31.1 Å². The van der Waals surface area contributed by atoms with Crippen LogP contribution in [0, 0.1) is 0 Å². The first-order chi connectivity index (χ1) is 7.25. The van der Waals surface area contributed by atoms with E-state index in [9.17, 15) is 0 Å². The molecule has 15 heavy (non-hydrogen) atoms. The van der Waals surface area contributed by atoms with Gasteiger partial charge in [-0.15, -0.1) is 0 Å². The first kappa shape index (κ1) is 11.0. The Balaban J connectivity index is 1.67. The maximum atomic E-state index is 5.87. The van der Waals surface area contributed by atoms with E-state index in [2.05, 4.69) is 17.3 Å². The number of nitrogens with zero attached hydrogens (tertiary/aromatic N) is 1. The van der Waals surface area contributed by atoms with E-state index >= 15 is 0 Å². The minimum Gasteiger partial charge on any atom is -0.453 e. The normalized spacial score (nSPS) is 16.2. The van der Waals surface area contributed by atoms with Gasteiger partial charge in [-0.3, -0.25) is 0 Å². The number of likely N-dealkylation sites (N-methyl/N-ethyl adjacent to an activating group) is 1. The predicted molar refractivity (Wildman–Crippen MR) is 61.1 cm³/mol. The average Bonchev–Trinajstić information content (AvgIpc) is 2.93. The second-order valence-electron chi connectivity index (χ2n) is 4.19. The second-order valence-corrected chi connectivity index (χ2v) is 4.53. The van der Waals surface area contributed by atoms with E-state index in [-0.39, 0.29) is 0 Å². The molecule has 0 aromatic carbocycles. The molecule has 1 aromatic rings. The molecular formula is C11H17ClN2O. The average molecular weight is 229 g/mol. The molecule has 2 rings (SSSR count). The molecule has 1 aliphatic rings. The summed E-state index contributed by atoms with van der Waals surface area (Å²) < 4.78 is 5.04. The van der Waals surface area contributed by atoms with Crippen molar-refractivity contribution in [3.63, 3.8) is 0 Å². The molecule has 0 atom stereocenters. The summed E-state index contributed by atoms with van der Waals surface area (Å²) >= 11 is 5.87. The van der Waals surface area contributed by atoms with Crippen molar-refractivity contribution in [1.29, 1.82) is 0 Å². The highest BCUT2D eigenvalue weighted by molar-refractivity contribution is 6.29. The van der Waals surface area contributed by atoms with Crippen LogP contribution in [0.5, 0.6) is 0 Å². The number of halogens is 1. The second kappa shape index (κ2) is 5.01. The van der Waals surface area contributed by atoms with Crippen LogP contribution in [0.25, 0.3) is 0 Å². The predicted octanol–water partition coefficient (Wildman–Crippen LogP) is 2.12. The molecule has 0 amide bonds. The Bertz CT molecular complexity index is 309. The molecule has 0 aliphatic heterocycles. The van der Waals surface area contributed by atoms with Gasteiger partial charge in [0.25, 0.3) is 0 Å². The molecule has 0 saturated heterocycles. The van der Waals surface area contributed by atoms with Gasteiger partial charge >= 0.3 is 0 Å². The van der Waals surface area contributed by atoms with Gasteiger partial charge < -0.3 is 14.6 Å². The zero-order valence-corrected chi connectivity index (χ0v) is 9.76. The summed E-state index contributed by atoms with van der Waals surface area (Å²) in [6, 6.07) is 2.71. The molecule has 1 N–H and O–H groups in total. The van der Waals surface area contributed by atoms with Gasteiger partial charge in [-0.05, 0) is 37.6 Å². The van der Waals surface area contributed by atoms with Crippen LogP contribution in [0.2, 0.25) is 5.22 Å². The molecule has 4 heteroatoms. The van der Waals surface area contributed by atoms with Crippen LogP contribution in [-0.2, 0) is 6.54 Å². The van der Waals surface area contributed by atoms with Gasteiger partial charge in [0.1, 0.15) is 0 Å². The Morgan fingerprint density at radius 2 is 2.40 bits per heavy atom. The molecule has 1 aromatic heterocycles. The molecule has 84 valence electrons. The van der Waals surface area contributed by atoms with Gasteiger partial charge in [-0.25, -0.2) is 0 Å². The lowest BCUT2D eigenvalue weighted by molar-refractivity contribution is 0.323. The third kappa shape index (κ3) is 3.52. The molecule has 1 heterocycles. The van der Waals surface area contributed by atoms with Gasteiger partial charge in [0.15, 0.2) is 5.22 Å². The minimum atomic E-state index is 0.511. The summed E-state index contributed by atoms with van der Waals surface area (Å²) in [5.41, 5.74) is 1.06. The van der Waals surface area contributed by atoms with Crippen molar-refractivity contribution in [2.24, 2.45) is 0 Å². The van der Waals surface area contributed by atoms with Crippen LogP contribution in [0.4, 0.5) is 0 Å². The molecule has 1 saturated carbocycles. The third-order valence-electron chi connectivity index (χ3n) is 2.64. The lowest BCUT2D eigenvalue weighted by atomic mass is 10.3. The quantitative estimate of drug-likeness (QED) is 0.809. The standard InChI is InChI=1S/C11H17ClN2O/c1-14(6-5-13-10-2-3-10)8-9-4-7-15-11(9)12/h4,7,10,13H,2-3,5-6,8H2,1H3. The fourth-order valence-electron chi connectivity index (χ4n) is 1.55. The first-order valence-electron chi connectivity index (χ1n) is 5.39. The van der Waals surface area contributed by atoms with E-state index in [0.29, 0.717) is 5.22 Å². The molecule has 0 spiro atoms. The van der Waals surface area contributed by atoms with E-state index in [1.807, 2.05) is 6.07 Å². The molecule has 3 nitrogen and oxygen atoms in total. The van der Waals surface area contributed by atoms with Gasteiger partial charge in [0, 0.05) is 31.2 Å². The number of hydrogen-bond donors (Lipinski definition) is 1. The summed E-state index contributed by atoms with van der Waals surface area (Å²) in [6.07, 6.45) is 4.32. The Morgan fingerprint density at radius 3 is 3.00 bits per heavy atom. The molecule has 1 aliphatic carbocycles. The highest BCUT2D eigenvalue weighted by Gasteiger charge is 2.19. The lowest BCUT2D eigenvalue weighted by Gasteiger charge is -2.15. The van der Waals surface area contributed by atoms with Crippen LogP contribution >= 0.6 is 11.6 Å². The Labute approximate surface area is 95.4 Å². The van der Waals surface area contributed by atoms with Crippen molar-refractivity contribution in [3.8, 4) is 0 Å². The topological polar surface area (TPSA) is 28.4 Å². The van der Waals surface area contributed by atoms with Crippen LogP contribution in [0.3, 0.4) is 0 Å². The fourth-order valence-corrected chi connectivity index (χ4v) is 1.72. The SMILES string of the molecule is CN(CCNC1CC1)Cc1ccoc1Cl. The van der Waals surface area contributed by atoms with Gasteiger partial charge in [-0.1, -0.05) is 0 Å². The van der Waals surface area contributed by atoms with Crippen molar-refractivity contribution in [3.05, 3.63) is 23.1 Å². The van der Waals surface area contributed by atoms with Crippen LogP contribution < -0.4 is 5.32 Å². The monoisotopic (exact) mass is 228 g/mol. The van der Waals surface area contributed by atoms with Crippen molar-refractivity contribution in [1.82, 2.24) is 10.2 Å². The summed E-state index contributed by atoms with van der Waals surface area (Å²) in [4.78, 5) is 2.24. The Morgan fingerprint density at radius 1 is 1.60 bits per heavy atom. The van der Waals surface area contributed by atoms with E-state index in [1.54, 1.807) is 6.26 Å².